The Morgan fingerprint density at radius 3 is 2.29 bits per heavy atom. The molecule has 0 aromatic heterocycles. The lowest BCUT2D eigenvalue weighted by Crippen LogP contribution is -2.31. The highest BCUT2D eigenvalue weighted by atomic mass is 14.9. The topological polar surface area (TPSA) is 24.1 Å². The molecule has 0 saturated heterocycles. The molecule has 0 amide bonds. The van der Waals surface area contributed by atoms with Crippen molar-refractivity contribution < 1.29 is 0 Å². The Balaban J connectivity index is 0.000000297. The first-order valence-electron chi connectivity index (χ1n) is 12.9. The van der Waals surface area contributed by atoms with Crippen LogP contribution in [0.25, 0.3) is 5.57 Å². The van der Waals surface area contributed by atoms with Crippen molar-refractivity contribution in [3.05, 3.63) is 108 Å². The van der Waals surface area contributed by atoms with Crippen molar-refractivity contribution in [3.63, 3.8) is 0 Å². The molecule has 0 spiro atoms. The Morgan fingerprint density at radius 1 is 0.941 bits per heavy atom. The molecule has 4 rings (SSSR count). The third-order valence-corrected chi connectivity index (χ3v) is 5.91. The zero-order chi connectivity index (χ0) is 25.3. The maximum Gasteiger partial charge on any atom is 0.0375 e. The zero-order valence-corrected chi connectivity index (χ0v) is 22.3. The SMILES string of the molecule is C=C/C=C\C1Cc2ccccc2NC1C.C=CC1=C(c2ccccc2C)CCCN1.CC.CC. The molecule has 2 atom stereocenters. The van der Waals surface area contributed by atoms with Gasteiger partial charge in [-0.3, -0.25) is 0 Å². The summed E-state index contributed by atoms with van der Waals surface area (Å²) in [5.74, 6) is 0.567. The Morgan fingerprint density at radius 2 is 1.62 bits per heavy atom. The summed E-state index contributed by atoms with van der Waals surface area (Å²) in [4.78, 5) is 0. The smallest absolute Gasteiger partial charge is 0.0375 e. The quantitative estimate of drug-likeness (QED) is 0.448. The van der Waals surface area contributed by atoms with Gasteiger partial charge in [-0.15, -0.1) is 0 Å². The molecule has 34 heavy (non-hydrogen) atoms. The van der Waals surface area contributed by atoms with E-state index in [0.29, 0.717) is 12.0 Å². The molecule has 2 N–H and O–H groups in total. The third kappa shape index (κ3) is 8.41. The van der Waals surface area contributed by atoms with Gasteiger partial charge in [0.1, 0.15) is 0 Å². The number of aryl methyl sites for hydroxylation is 1. The van der Waals surface area contributed by atoms with Crippen molar-refractivity contribution in [2.75, 3.05) is 11.9 Å². The van der Waals surface area contributed by atoms with E-state index in [2.05, 4.69) is 92.2 Å². The third-order valence-electron chi connectivity index (χ3n) is 5.91. The lowest BCUT2D eigenvalue weighted by molar-refractivity contribution is 0.544. The highest BCUT2D eigenvalue weighted by Crippen LogP contribution is 2.29. The highest BCUT2D eigenvalue weighted by molar-refractivity contribution is 5.73. The average molecular weight is 459 g/mol. The second-order valence-electron chi connectivity index (χ2n) is 8.02. The van der Waals surface area contributed by atoms with Crippen LogP contribution in [0.1, 0.15) is 64.2 Å². The van der Waals surface area contributed by atoms with Crippen molar-refractivity contribution >= 4 is 11.3 Å². The van der Waals surface area contributed by atoms with E-state index in [1.807, 2.05) is 45.9 Å². The number of rotatable bonds is 4. The fraction of sp³-hybridized carbons (Fsp3) is 0.375. The van der Waals surface area contributed by atoms with Crippen LogP contribution in [0.4, 0.5) is 5.69 Å². The van der Waals surface area contributed by atoms with Crippen LogP contribution in [-0.2, 0) is 6.42 Å². The van der Waals surface area contributed by atoms with Gasteiger partial charge in [-0.25, -0.2) is 0 Å². The summed E-state index contributed by atoms with van der Waals surface area (Å²) in [6.07, 6.45) is 11.5. The van der Waals surface area contributed by atoms with Crippen molar-refractivity contribution in [2.24, 2.45) is 5.92 Å². The summed E-state index contributed by atoms with van der Waals surface area (Å²) in [6, 6.07) is 17.6. The van der Waals surface area contributed by atoms with Gasteiger partial charge >= 0.3 is 0 Å². The minimum absolute atomic E-state index is 0.496. The predicted molar refractivity (Wildman–Crippen MR) is 154 cm³/mol. The maximum absolute atomic E-state index is 3.87. The molecule has 2 aliphatic heterocycles. The van der Waals surface area contributed by atoms with Crippen molar-refractivity contribution in [2.45, 2.75) is 66.8 Å². The van der Waals surface area contributed by atoms with Crippen LogP contribution < -0.4 is 10.6 Å². The van der Waals surface area contributed by atoms with Gasteiger partial charge in [-0.05, 0) is 67.5 Å². The Kier molecular flexibility index (Phi) is 14.2. The van der Waals surface area contributed by atoms with Gasteiger partial charge in [-0.1, -0.05) is 102 Å². The summed E-state index contributed by atoms with van der Waals surface area (Å²) >= 11 is 0. The number of hydrogen-bond acceptors (Lipinski definition) is 2. The molecular formula is C32H46N2. The minimum atomic E-state index is 0.496. The van der Waals surface area contributed by atoms with Crippen LogP contribution >= 0.6 is 0 Å². The predicted octanol–water partition coefficient (Wildman–Crippen LogP) is 8.73. The van der Waals surface area contributed by atoms with E-state index >= 15 is 0 Å². The van der Waals surface area contributed by atoms with Crippen molar-refractivity contribution in [1.82, 2.24) is 5.32 Å². The van der Waals surface area contributed by atoms with Gasteiger partial charge in [0.15, 0.2) is 0 Å². The molecule has 184 valence electrons. The molecule has 0 saturated carbocycles. The summed E-state index contributed by atoms with van der Waals surface area (Å²) in [6.45, 7) is 21.0. The number of para-hydroxylation sites is 1. The van der Waals surface area contributed by atoms with Gasteiger partial charge in [0.2, 0.25) is 0 Å². The fourth-order valence-electron chi connectivity index (χ4n) is 4.19. The monoisotopic (exact) mass is 458 g/mol. The first kappa shape index (κ1) is 29.0. The Bertz CT molecular complexity index is 936. The molecular weight excluding hydrogens is 412 g/mol. The normalized spacial score (nSPS) is 18.3. The summed E-state index contributed by atoms with van der Waals surface area (Å²) in [5.41, 5.74) is 8.02. The minimum Gasteiger partial charge on any atom is -0.385 e. The number of benzene rings is 2. The lowest BCUT2D eigenvalue weighted by Gasteiger charge is -2.30. The molecule has 0 radical (unpaired) electrons. The summed E-state index contributed by atoms with van der Waals surface area (Å²) in [5, 5.41) is 6.94. The second kappa shape index (κ2) is 16.6. The van der Waals surface area contributed by atoms with Crippen molar-refractivity contribution in [1.29, 1.82) is 0 Å². The molecule has 2 unspecified atom stereocenters. The molecule has 0 bridgehead atoms. The molecule has 2 aromatic carbocycles. The number of nitrogens with one attached hydrogen (secondary N) is 2. The fourth-order valence-corrected chi connectivity index (χ4v) is 4.19. The van der Waals surface area contributed by atoms with Gasteiger partial charge in [0.25, 0.3) is 0 Å². The lowest BCUT2D eigenvalue weighted by atomic mass is 9.88. The van der Waals surface area contributed by atoms with Crippen LogP contribution in [0, 0.1) is 12.8 Å². The molecule has 2 heterocycles. The molecule has 0 fully saturated rings. The number of allylic oxidation sites excluding steroid dienone is 4. The van der Waals surface area contributed by atoms with Crippen molar-refractivity contribution in [3.8, 4) is 0 Å². The molecule has 2 aromatic rings. The van der Waals surface area contributed by atoms with E-state index in [0.717, 1.165) is 19.4 Å². The summed E-state index contributed by atoms with van der Waals surface area (Å²) < 4.78 is 0. The summed E-state index contributed by atoms with van der Waals surface area (Å²) in [7, 11) is 0. The van der Waals surface area contributed by atoms with Gasteiger partial charge in [0.05, 0.1) is 0 Å². The zero-order valence-electron chi connectivity index (χ0n) is 22.3. The number of fused-ring (bicyclic) bond motifs is 1. The molecule has 2 heteroatoms. The van der Waals surface area contributed by atoms with E-state index in [1.54, 1.807) is 0 Å². The van der Waals surface area contributed by atoms with Crippen LogP contribution in [-0.4, -0.2) is 12.6 Å². The van der Waals surface area contributed by atoms with Crippen LogP contribution in [0.5, 0.6) is 0 Å². The molecule has 2 aliphatic rings. The average Bonchev–Trinajstić information content (AvgIpc) is 2.90. The maximum atomic E-state index is 3.87. The number of hydrogen-bond donors (Lipinski definition) is 2. The molecule has 2 nitrogen and oxygen atoms in total. The largest absolute Gasteiger partial charge is 0.385 e. The van der Waals surface area contributed by atoms with Gasteiger partial charge < -0.3 is 10.6 Å². The van der Waals surface area contributed by atoms with Gasteiger partial charge in [0, 0.05) is 29.9 Å². The first-order chi connectivity index (χ1) is 16.6. The van der Waals surface area contributed by atoms with E-state index in [4.69, 9.17) is 0 Å². The molecule has 0 aliphatic carbocycles. The van der Waals surface area contributed by atoms with Crippen LogP contribution in [0.3, 0.4) is 0 Å². The van der Waals surface area contributed by atoms with Gasteiger partial charge in [-0.2, -0.15) is 0 Å². The standard InChI is InChI=1S/2C14H17N.2C2H6/c1-3-14-13(9-6-10-15-14)12-8-5-4-7-11(12)2;1-3-4-7-12-10-13-8-5-6-9-14(13)15-11(12)2;2*1-2/h3-5,7-8,15H,1,6,9-10H2,2H3;3-9,11-12,15H,1,10H2,2H3;2*1-2H3/b;7-4-;;. The van der Waals surface area contributed by atoms with Crippen LogP contribution in [0.2, 0.25) is 0 Å². The number of anilines is 1. The van der Waals surface area contributed by atoms with E-state index in [-0.39, 0.29) is 0 Å². The van der Waals surface area contributed by atoms with Crippen LogP contribution in [0.15, 0.2) is 91.7 Å². The van der Waals surface area contributed by atoms with E-state index < -0.39 is 0 Å². The van der Waals surface area contributed by atoms with E-state index in [9.17, 15) is 0 Å². The Hall–Kier alpha value is -3.00. The Labute approximate surface area is 209 Å². The highest BCUT2D eigenvalue weighted by Gasteiger charge is 2.21. The first-order valence-corrected chi connectivity index (χ1v) is 12.9. The van der Waals surface area contributed by atoms with E-state index in [1.165, 1.54) is 40.1 Å². The second-order valence-corrected chi connectivity index (χ2v) is 8.02.